The molecule has 1 spiro atoms. The number of carbonyl (C=O) groups is 2. The SMILES string of the molecule is C/C=C1\CN2C3C[C@@H]1[C@@](COC(=O)c1cc(OC)c(OC)c(OC)c1)(C(=O)OC)[C@@]14C[C@@H]2O[C@@]31Nc1ccccc14. The Balaban J connectivity index is 1.38. The number of carbonyl (C=O) groups excluding carboxylic acids is 2. The van der Waals surface area contributed by atoms with E-state index in [1.54, 1.807) is 12.1 Å². The van der Waals surface area contributed by atoms with Crippen LogP contribution in [0.3, 0.4) is 0 Å². The summed E-state index contributed by atoms with van der Waals surface area (Å²) in [6.45, 7) is 2.51. The number of benzene rings is 2. The summed E-state index contributed by atoms with van der Waals surface area (Å²) in [7, 11) is 5.88. The second-order valence-electron chi connectivity index (χ2n) is 11.4. The highest BCUT2D eigenvalue weighted by atomic mass is 16.6. The van der Waals surface area contributed by atoms with Crippen molar-refractivity contribution >= 4 is 17.6 Å². The molecule has 3 saturated heterocycles. The van der Waals surface area contributed by atoms with Gasteiger partial charge in [-0.2, -0.15) is 0 Å². The standard InChI is InChI=1S/C31H34N2O8/c1-6-17-15-33-24-13-20(17)29(28(35)39-5,16-40-27(34)18-11-22(36-2)26(38-4)23(12-18)37-3)30-14-25(33)41-31(24,30)32-21-10-8-7-9-19(21)30/h6-12,20,24-25,32H,13-16H2,1-5H3/b17-6+/t20-,24?,25-,29-,30-,31-/m0/s1. The van der Waals surface area contributed by atoms with Crippen LogP contribution in [0.4, 0.5) is 5.69 Å². The molecule has 41 heavy (non-hydrogen) atoms. The average Bonchev–Trinajstić information content (AvgIpc) is 3.62. The molecule has 4 heterocycles. The number of nitrogens with zero attached hydrogens (tertiary/aromatic N) is 1. The van der Waals surface area contributed by atoms with E-state index < -0.39 is 28.5 Å². The first kappa shape index (κ1) is 26.2. The number of anilines is 1. The number of nitrogens with one attached hydrogen (secondary N) is 1. The summed E-state index contributed by atoms with van der Waals surface area (Å²) in [6.07, 6.45) is 3.18. The molecule has 10 heteroatoms. The second kappa shape index (κ2) is 8.87. The zero-order chi connectivity index (χ0) is 28.7. The summed E-state index contributed by atoms with van der Waals surface area (Å²) in [5.74, 6) is -0.188. The summed E-state index contributed by atoms with van der Waals surface area (Å²) in [6, 6.07) is 11.2. The van der Waals surface area contributed by atoms with Gasteiger partial charge in [0, 0.05) is 24.6 Å². The van der Waals surface area contributed by atoms with Crippen LogP contribution in [0.15, 0.2) is 48.0 Å². The smallest absolute Gasteiger partial charge is 0.338 e. The Labute approximate surface area is 238 Å². The predicted octanol–water partition coefficient (Wildman–Crippen LogP) is 3.50. The zero-order valence-corrected chi connectivity index (χ0v) is 23.8. The van der Waals surface area contributed by atoms with E-state index >= 15 is 0 Å². The minimum Gasteiger partial charge on any atom is -0.493 e. The molecule has 1 aliphatic carbocycles. The Morgan fingerprint density at radius 2 is 1.83 bits per heavy atom. The molecule has 1 saturated carbocycles. The van der Waals surface area contributed by atoms with Gasteiger partial charge in [0.1, 0.15) is 18.2 Å². The molecule has 1 unspecified atom stereocenters. The highest BCUT2D eigenvalue weighted by Gasteiger charge is 2.87. The maximum Gasteiger partial charge on any atom is 0.338 e. The van der Waals surface area contributed by atoms with E-state index in [4.69, 9.17) is 28.4 Å². The molecule has 4 aliphatic heterocycles. The molecule has 0 amide bonds. The molecule has 5 aliphatic rings. The van der Waals surface area contributed by atoms with Gasteiger partial charge in [-0.3, -0.25) is 9.69 Å². The number of methoxy groups -OCH3 is 4. The van der Waals surface area contributed by atoms with Crippen molar-refractivity contribution in [2.24, 2.45) is 11.3 Å². The summed E-state index contributed by atoms with van der Waals surface area (Å²) >= 11 is 0. The third kappa shape index (κ3) is 2.94. The van der Waals surface area contributed by atoms with E-state index in [0.717, 1.165) is 16.8 Å². The van der Waals surface area contributed by atoms with Gasteiger partial charge in [0.15, 0.2) is 17.2 Å². The number of rotatable bonds is 7. The maximum atomic E-state index is 14.4. The van der Waals surface area contributed by atoms with E-state index in [2.05, 4.69) is 22.4 Å². The van der Waals surface area contributed by atoms with Crippen LogP contribution in [0.5, 0.6) is 17.2 Å². The van der Waals surface area contributed by atoms with E-state index in [-0.39, 0.29) is 30.4 Å². The fraction of sp³-hybridized carbons (Fsp3) is 0.484. The van der Waals surface area contributed by atoms with Gasteiger partial charge in [0.05, 0.1) is 45.5 Å². The molecule has 4 bridgehead atoms. The molecule has 2 aromatic rings. The molecule has 2 aromatic carbocycles. The Morgan fingerprint density at radius 1 is 1.10 bits per heavy atom. The summed E-state index contributed by atoms with van der Waals surface area (Å²) in [5.41, 5.74) is 0.387. The van der Waals surface area contributed by atoms with Crippen LogP contribution in [0.2, 0.25) is 0 Å². The van der Waals surface area contributed by atoms with Crippen LogP contribution in [0.25, 0.3) is 0 Å². The number of fused-ring (bicyclic) bond motifs is 4. The van der Waals surface area contributed by atoms with Gasteiger partial charge in [-0.05, 0) is 37.1 Å². The van der Waals surface area contributed by atoms with Gasteiger partial charge in [0.2, 0.25) is 5.75 Å². The molecule has 216 valence electrons. The van der Waals surface area contributed by atoms with Crippen molar-refractivity contribution in [3.8, 4) is 17.2 Å². The lowest BCUT2D eigenvalue weighted by Gasteiger charge is -2.64. The van der Waals surface area contributed by atoms with Crippen molar-refractivity contribution in [2.45, 2.75) is 43.2 Å². The van der Waals surface area contributed by atoms with Crippen LogP contribution in [0.1, 0.15) is 35.7 Å². The molecule has 7 rings (SSSR count). The number of allylic oxidation sites excluding steroid dienone is 1. The topological polar surface area (TPSA) is 105 Å². The summed E-state index contributed by atoms with van der Waals surface area (Å²) < 4.78 is 35.0. The molecule has 10 nitrogen and oxygen atoms in total. The van der Waals surface area contributed by atoms with Crippen LogP contribution < -0.4 is 19.5 Å². The number of esters is 2. The Morgan fingerprint density at radius 3 is 2.49 bits per heavy atom. The number of para-hydroxylation sites is 1. The first-order valence-corrected chi connectivity index (χ1v) is 13.9. The quantitative estimate of drug-likeness (QED) is 0.398. The molecule has 0 aromatic heterocycles. The van der Waals surface area contributed by atoms with Crippen molar-refractivity contribution in [1.29, 1.82) is 0 Å². The van der Waals surface area contributed by atoms with Crippen LogP contribution in [-0.4, -0.2) is 76.4 Å². The molecule has 4 fully saturated rings. The lowest BCUT2D eigenvalue weighted by atomic mass is 9.42. The Bertz CT molecular complexity index is 1470. The van der Waals surface area contributed by atoms with Gasteiger partial charge >= 0.3 is 11.9 Å². The third-order valence-electron chi connectivity index (χ3n) is 10.3. The van der Waals surface area contributed by atoms with E-state index in [1.807, 2.05) is 25.1 Å². The van der Waals surface area contributed by atoms with Gasteiger partial charge in [-0.25, -0.2) is 4.79 Å². The summed E-state index contributed by atoms with van der Waals surface area (Å²) in [5, 5.41) is 3.73. The fourth-order valence-corrected chi connectivity index (χ4v) is 8.76. The minimum atomic E-state index is -1.24. The second-order valence-corrected chi connectivity index (χ2v) is 11.4. The first-order valence-electron chi connectivity index (χ1n) is 13.9. The Kier molecular flexibility index (Phi) is 5.66. The maximum absolute atomic E-state index is 14.4. The van der Waals surface area contributed by atoms with Crippen molar-refractivity contribution in [3.63, 3.8) is 0 Å². The first-order chi connectivity index (χ1) is 19.8. The molecule has 0 radical (unpaired) electrons. The van der Waals surface area contributed by atoms with Gasteiger partial charge < -0.3 is 33.7 Å². The number of ether oxygens (including phenoxy) is 6. The molecular weight excluding hydrogens is 528 g/mol. The van der Waals surface area contributed by atoms with Crippen molar-refractivity contribution in [3.05, 3.63) is 59.2 Å². The minimum absolute atomic E-state index is 0.0611. The van der Waals surface area contributed by atoms with Crippen molar-refractivity contribution in [1.82, 2.24) is 4.90 Å². The lowest BCUT2D eigenvalue weighted by Crippen LogP contribution is -2.78. The van der Waals surface area contributed by atoms with Crippen molar-refractivity contribution in [2.75, 3.05) is 46.9 Å². The highest BCUT2D eigenvalue weighted by molar-refractivity contribution is 5.92. The largest absolute Gasteiger partial charge is 0.493 e. The van der Waals surface area contributed by atoms with E-state index in [0.29, 0.717) is 36.6 Å². The molecule has 1 N–H and O–H groups in total. The fourth-order valence-electron chi connectivity index (χ4n) is 8.76. The number of hydrogen-bond acceptors (Lipinski definition) is 10. The van der Waals surface area contributed by atoms with Crippen LogP contribution in [0, 0.1) is 11.3 Å². The van der Waals surface area contributed by atoms with Gasteiger partial charge in [-0.15, -0.1) is 0 Å². The van der Waals surface area contributed by atoms with E-state index in [9.17, 15) is 9.59 Å². The molecule has 6 atom stereocenters. The highest BCUT2D eigenvalue weighted by Crippen LogP contribution is 2.76. The van der Waals surface area contributed by atoms with Crippen LogP contribution >= 0.6 is 0 Å². The third-order valence-corrected chi connectivity index (χ3v) is 10.3. The van der Waals surface area contributed by atoms with E-state index in [1.165, 1.54) is 28.4 Å². The zero-order valence-electron chi connectivity index (χ0n) is 23.8. The van der Waals surface area contributed by atoms with Gasteiger partial charge in [0.25, 0.3) is 0 Å². The Hall–Kier alpha value is -3.76. The average molecular weight is 563 g/mol. The predicted molar refractivity (Wildman–Crippen MR) is 147 cm³/mol. The normalized spacial score (nSPS) is 34.6. The lowest BCUT2D eigenvalue weighted by molar-refractivity contribution is -0.191. The number of hydrogen-bond donors (Lipinski definition) is 1. The summed E-state index contributed by atoms with van der Waals surface area (Å²) in [4.78, 5) is 30.5. The van der Waals surface area contributed by atoms with Crippen LogP contribution in [-0.2, 0) is 24.4 Å². The monoisotopic (exact) mass is 562 g/mol. The molecular formula is C31H34N2O8. The van der Waals surface area contributed by atoms with Gasteiger partial charge in [-0.1, -0.05) is 29.8 Å². The number of piperidine rings is 2. The van der Waals surface area contributed by atoms with Crippen molar-refractivity contribution < 1.29 is 38.0 Å².